The number of amides is 1. The van der Waals surface area contributed by atoms with Crippen molar-refractivity contribution in [1.82, 2.24) is 4.57 Å². The Kier molecular flexibility index (Phi) is 4.14. The highest BCUT2D eigenvalue weighted by molar-refractivity contribution is 5.95. The maximum atomic E-state index is 12.5. The van der Waals surface area contributed by atoms with Crippen molar-refractivity contribution in [2.75, 3.05) is 5.32 Å². The fourth-order valence-corrected chi connectivity index (χ4v) is 2.54. The van der Waals surface area contributed by atoms with E-state index in [1.54, 1.807) is 19.1 Å². The summed E-state index contributed by atoms with van der Waals surface area (Å²) in [5.74, 6) is -2.22. The van der Waals surface area contributed by atoms with Crippen molar-refractivity contribution in [3.05, 3.63) is 64.1 Å². The van der Waals surface area contributed by atoms with Crippen LogP contribution in [0.2, 0.25) is 0 Å². The van der Waals surface area contributed by atoms with E-state index in [1.807, 2.05) is 19.1 Å². The average molecular weight is 340 g/mol. The van der Waals surface area contributed by atoms with Gasteiger partial charge < -0.3 is 14.8 Å². The fourth-order valence-electron chi connectivity index (χ4n) is 2.54. The summed E-state index contributed by atoms with van der Waals surface area (Å²) in [6.07, 6.45) is 0. The molecular weight excluding hydrogens is 324 g/mol. The number of hydrogen-bond acceptors (Lipinski definition) is 4. The molecule has 25 heavy (non-hydrogen) atoms. The molecule has 3 rings (SSSR count). The molecule has 0 aliphatic heterocycles. The lowest BCUT2D eigenvalue weighted by atomic mass is 10.2. The number of carbonyl (C=O) groups excluding carboxylic acids is 1. The van der Waals surface area contributed by atoms with Crippen molar-refractivity contribution < 1.29 is 19.1 Å². The molecule has 1 atom stereocenters. The Morgan fingerprint density at radius 2 is 1.84 bits per heavy atom. The molecule has 3 aromatic rings. The molecule has 7 heteroatoms. The molecule has 1 amide bonds. The zero-order chi connectivity index (χ0) is 18.1. The van der Waals surface area contributed by atoms with Gasteiger partial charge in [0.15, 0.2) is 5.58 Å². The summed E-state index contributed by atoms with van der Waals surface area (Å²) < 4.78 is 6.29. The molecular formula is C18H16N2O5. The zero-order valence-electron chi connectivity index (χ0n) is 13.6. The highest BCUT2D eigenvalue weighted by atomic mass is 16.4. The molecule has 2 aromatic carbocycles. The standard InChI is InChI=1S/C18H16N2O5/c1-10-3-6-13(7-4-10)19-16(21)11(2)20-14-8-5-12(17(22)23)9-15(14)25-18(20)24/h3-9,11H,1-2H3,(H,19,21)(H,22,23). The van der Waals surface area contributed by atoms with E-state index in [4.69, 9.17) is 9.52 Å². The number of nitrogens with zero attached hydrogens (tertiary/aromatic N) is 1. The molecule has 0 saturated heterocycles. The Hall–Kier alpha value is -3.35. The lowest BCUT2D eigenvalue weighted by Crippen LogP contribution is -2.29. The molecule has 0 aliphatic carbocycles. The molecule has 1 unspecified atom stereocenters. The van der Waals surface area contributed by atoms with Gasteiger partial charge in [-0.15, -0.1) is 0 Å². The summed E-state index contributed by atoms with van der Waals surface area (Å²) in [6.45, 7) is 3.52. The maximum absolute atomic E-state index is 12.5. The van der Waals surface area contributed by atoms with E-state index in [2.05, 4.69) is 5.32 Å². The number of carboxylic acids is 1. The zero-order valence-corrected chi connectivity index (χ0v) is 13.6. The number of aromatic nitrogens is 1. The number of carbonyl (C=O) groups is 2. The van der Waals surface area contributed by atoms with Gasteiger partial charge in [0.1, 0.15) is 6.04 Å². The topological polar surface area (TPSA) is 102 Å². The second-order valence-electron chi connectivity index (χ2n) is 5.76. The summed E-state index contributed by atoms with van der Waals surface area (Å²) in [7, 11) is 0. The van der Waals surface area contributed by atoms with Gasteiger partial charge in [0.25, 0.3) is 0 Å². The van der Waals surface area contributed by atoms with Crippen molar-refractivity contribution in [3.63, 3.8) is 0 Å². The SMILES string of the molecule is Cc1ccc(NC(=O)C(C)n2c(=O)oc3cc(C(=O)O)ccc32)cc1. The van der Waals surface area contributed by atoms with Crippen LogP contribution in [-0.4, -0.2) is 21.6 Å². The minimum atomic E-state index is -1.12. The van der Waals surface area contributed by atoms with Crippen molar-refractivity contribution in [2.24, 2.45) is 0 Å². The predicted octanol–water partition coefficient (Wildman–Crippen LogP) is 2.80. The summed E-state index contributed by atoms with van der Waals surface area (Å²) in [5, 5.41) is 11.8. The largest absolute Gasteiger partial charge is 0.478 e. The van der Waals surface area contributed by atoms with Crippen molar-refractivity contribution in [1.29, 1.82) is 0 Å². The molecule has 0 saturated carbocycles. The van der Waals surface area contributed by atoms with Crippen LogP contribution in [0.15, 0.2) is 51.7 Å². The van der Waals surface area contributed by atoms with Crippen LogP contribution in [0.1, 0.15) is 28.9 Å². The Balaban J connectivity index is 1.93. The second-order valence-corrected chi connectivity index (χ2v) is 5.76. The Morgan fingerprint density at radius 3 is 2.48 bits per heavy atom. The van der Waals surface area contributed by atoms with Crippen LogP contribution >= 0.6 is 0 Å². The highest BCUT2D eigenvalue weighted by Crippen LogP contribution is 2.20. The summed E-state index contributed by atoms with van der Waals surface area (Å²) in [6, 6.07) is 10.5. The van der Waals surface area contributed by atoms with Gasteiger partial charge in [0.05, 0.1) is 11.1 Å². The molecule has 7 nitrogen and oxygen atoms in total. The Bertz CT molecular complexity index is 1010. The number of fused-ring (bicyclic) bond motifs is 1. The summed E-state index contributed by atoms with van der Waals surface area (Å²) >= 11 is 0. The molecule has 128 valence electrons. The van der Waals surface area contributed by atoms with Crippen molar-refractivity contribution >= 4 is 28.7 Å². The van der Waals surface area contributed by atoms with Crippen LogP contribution < -0.4 is 11.1 Å². The van der Waals surface area contributed by atoms with Crippen LogP contribution in [-0.2, 0) is 4.79 Å². The first-order valence-electron chi connectivity index (χ1n) is 7.63. The van der Waals surface area contributed by atoms with Gasteiger partial charge >= 0.3 is 11.7 Å². The molecule has 0 spiro atoms. The van der Waals surface area contributed by atoms with Crippen LogP contribution in [0.3, 0.4) is 0 Å². The van der Waals surface area contributed by atoms with E-state index in [0.717, 1.165) is 5.56 Å². The van der Waals surface area contributed by atoms with Gasteiger partial charge in [0, 0.05) is 5.69 Å². The van der Waals surface area contributed by atoms with E-state index in [9.17, 15) is 14.4 Å². The third-order valence-corrected chi connectivity index (χ3v) is 3.95. The quantitative estimate of drug-likeness (QED) is 0.760. The van der Waals surface area contributed by atoms with Crippen LogP contribution in [0.25, 0.3) is 11.1 Å². The number of nitrogens with one attached hydrogen (secondary N) is 1. The normalized spacial score (nSPS) is 12.1. The smallest absolute Gasteiger partial charge is 0.420 e. The third kappa shape index (κ3) is 3.16. The first-order chi connectivity index (χ1) is 11.9. The molecule has 0 aliphatic rings. The first-order valence-corrected chi connectivity index (χ1v) is 7.63. The van der Waals surface area contributed by atoms with E-state index >= 15 is 0 Å². The predicted molar refractivity (Wildman–Crippen MR) is 92.0 cm³/mol. The first kappa shape index (κ1) is 16.5. The van der Waals surface area contributed by atoms with E-state index in [0.29, 0.717) is 11.2 Å². The second kappa shape index (κ2) is 6.27. The van der Waals surface area contributed by atoms with Gasteiger partial charge in [-0.05, 0) is 44.2 Å². The molecule has 0 radical (unpaired) electrons. The van der Waals surface area contributed by atoms with Gasteiger partial charge in [-0.3, -0.25) is 9.36 Å². The number of anilines is 1. The van der Waals surface area contributed by atoms with Gasteiger partial charge in [0.2, 0.25) is 5.91 Å². The minimum absolute atomic E-state index is 0.00478. The molecule has 2 N–H and O–H groups in total. The van der Waals surface area contributed by atoms with E-state index in [-0.39, 0.29) is 17.1 Å². The van der Waals surface area contributed by atoms with Gasteiger partial charge in [-0.1, -0.05) is 17.7 Å². The molecule has 1 heterocycles. The lowest BCUT2D eigenvalue weighted by Gasteiger charge is -2.13. The number of aryl methyl sites for hydroxylation is 1. The number of carboxylic acid groups (broad SMARTS) is 1. The monoisotopic (exact) mass is 340 g/mol. The molecule has 0 bridgehead atoms. The Morgan fingerprint density at radius 1 is 1.16 bits per heavy atom. The fraction of sp³-hybridized carbons (Fsp3) is 0.167. The average Bonchev–Trinajstić information content (AvgIpc) is 2.90. The van der Waals surface area contributed by atoms with Gasteiger partial charge in [-0.25, -0.2) is 9.59 Å². The number of aromatic carboxylic acids is 1. The van der Waals surface area contributed by atoms with Crippen LogP contribution in [0.5, 0.6) is 0 Å². The van der Waals surface area contributed by atoms with Crippen molar-refractivity contribution in [3.8, 4) is 0 Å². The molecule has 1 aromatic heterocycles. The summed E-state index contributed by atoms with van der Waals surface area (Å²) in [4.78, 5) is 35.6. The van der Waals surface area contributed by atoms with Gasteiger partial charge in [-0.2, -0.15) is 0 Å². The van der Waals surface area contributed by atoms with Crippen LogP contribution in [0.4, 0.5) is 5.69 Å². The Labute approximate surface area is 142 Å². The highest BCUT2D eigenvalue weighted by Gasteiger charge is 2.22. The summed E-state index contributed by atoms with van der Waals surface area (Å²) in [5.41, 5.74) is 2.18. The third-order valence-electron chi connectivity index (χ3n) is 3.95. The van der Waals surface area contributed by atoms with Crippen molar-refractivity contribution in [2.45, 2.75) is 19.9 Å². The minimum Gasteiger partial charge on any atom is -0.478 e. The maximum Gasteiger partial charge on any atom is 0.420 e. The van der Waals surface area contributed by atoms with Crippen LogP contribution in [0, 0.1) is 6.92 Å². The van der Waals surface area contributed by atoms with E-state index in [1.165, 1.54) is 22.8 Å². The number of rotatable bonds is 4. The number of benzene rings is 2. The van der Waals surface area contributed by atoms with E-state index < -0.39 is 17.8 Å². The number of oxazole rings is 1. The lowest BCUT2D eigenvalue weighted by molar-refractivity contribution is -0.118. The number of hydrogen-bond donors (Lipinski definition) is 2. The molecule has 0 fully saturated rings.